The van der Waals surface area contributed by atoms with Crippen LogP contribution in [0.15, 0.2) is 24.3 Å². The van der Waals surface area contributed by atoms with Crippen LogP contribution < -0.4 is 0 Å². The molecule has 0 fully saturated rings. The van der Waals surface area contributed by atoms with E-state index < -0.39 is 0 Å². The summed E-state index contributed by atoms with van der Waals surface area (Å²) < 4.78 is 4.93. The minimum Gasteiger partial charge on any atom is -0.457 e. The zero-order valence-corrected chi connectivity index (χ0v) is 9.17. The Morgan fingerprint density at radius 2 is 2.33 bits per heavy atom. The van der Waals surface area contributed by atoms with Gasteiger partial charge < -0.3 is 4.74 Å². The Kier molecular flexibility index (Phi) is 3.11. The molecule has 15 heavy (non-hydrogen) atoms. The van der Waals surface area contributed by atoms with Gasteiger partial charge in [-0.3, -0.25) is 0 Å². The lowest BCUT2D eigenvalue weighted by molar-refractivity contribution is 0.0535. The zero-order chi connectivity index (χ0) is 10.7. The van der Waals surface area contributed by atoms with Gasteiger partial charge in [-0.25, -0.2) is 4.79 Å². The van der Waals surface area contributed by atoms with Crippen LogP contribution in [0.1, 0.15) is 27.9 Å². The monoisotopic (exact) mass is 220 g/mol. The molecule has 1 aliphatic heterocycles. The van der Waals surface area contributed by atoms with Crippen LogP contribution in [0.3, 0.4) is 0 Å². The van der Waals surface area contributed by atoms with Gasteiger partial charge in [0.1, 0.15) is 6.61 Å². The Hall–Kier alpha value is -1.22. The van der Waals surface area contributed by atoms with Gasteiger partial charge in [0.05, 0.1) is 5.56 Å². The third-order valence-corrected chi connectivity index (χ3v) is 2.57. The van der Waals surface area contributed by atoms with Crippen molar-refractivity contribution in [1.82, 2.24) is 0 Å². The summed E-state index contributed by atoms with van der Waals surface area (Å²) in [6.45, 7) is 0.405. The van der Waals surface area contributed by atoms with E-state index in [-0.39, 0.29) is 5.97 Å². The summed E-state index contributed by atoms with van der Waals surface area (Å²) in [5.74, 6) is 0.638. The van der Waals surface area contributed by atoms with Crippen molar-refractivity contribution in [3.8, 4) is 0 Å². The molecule has 0 N–H and O–H groups in total. The molecule has 0 spiro atoms. The number of thiol groups is 1. The summed E-state index contributed by atoms with van der Waals surface area (Å²) >= 11 is 4.13. The first-order chi connectivity index (χ1) is 7.31. The molecular formula is C12H12O2S. The predicted octanol–water partition coefficient (Wildman–Crippen LogP) is 2.69. The molecule has 1 aromatic carbocycles. The van der Waals surface area contributed by atoms with E-state index >= 15 is 0 Å². The molecule has 1 aromatic rings. The van der Waals surface area contributed by atoms with Crippen LogP contribution >= 0.6 is 12.6 Å². The van der Waals surface area contributed by atoms with Crippen molar-refractivity contribution in [1.29, 1.82) is 0 Å². The van der Waals surface area contributed by atoms with Gasteiger partial charge in [-0.1, -0.05) is 18.2 Å². The molecule has 1 aliphatic rings. The quantitative estimate of drug-likeness (QED) is 0.626. The van der Waals surface area contributed by atoms with E-state index in [2.05, 4.69) is 18.7 Å². The summed E-state index contributed by atoms with van der Waals surface area (Å²) in [7, 11) is 0. The second-order valence-corrected chi connectivity index (χ2v) is 3.85. The van der Waals surface area contributed by atoms with Gasteiger partial charge >= 0.3 is 5.97 Å². The lowest BCUT2D eigenvalue weighted by atomic mass is 10.1. The molecule has 0 aliphatic carbocycles. The van der Waals surface area contributed by atoms with Gasteiger partial charge in [-0.2, -0.15) is 12.6 Å². The van der Waals surface area contributed by atoms with Crippen LogP contribution in [0.5, 0.6) is 0 Å². The van der Waals surface area contributed by atoms with E-state index in [1.807, 2.05) is 24.3 Å². The molecule has 0 saturated heterocycles. The van der Waals surface area contributed by atoms with E-state index in [9.17, 15) is 4.79 Å². The minimum atomic E-state index is -0.212. The molecule has 0 unspecified atom stereocenters. The van der Waals surface area contributed by atoms with Crippen molar-refractivity contribution in [2.45, 2.75) is 13.0 Å². The van der Waals surface area contributed by atoms with Crippen LogP contribution in [0.4, 0.5) is 0 Å². The molecule has 2 nitrogen and oxygen atoms in total. The molecule has 0 amide bonds. The molecule has 3 heteroatoms. The Labute approximate surface area is 94.4 Å². The Morgan fingerprint density at radius 3 is 3.13 bits per heavy atom. The van der Waals surface area contributed by atoms with E-state index in [4.69, 9.17) is 4.74 Å². The van der Waals surface area contributed by atoms with Crippen LogP contribution in [0.2, 0.25) is 0 Å². The molecule has 78 valence electrons. The smallest absolute Gasteiger partial charge is 0.338 e. The number of carbonyl (C=O) groups excluding carboxylic acids is 1. The van der Waals surface area contributed by atoms with Crippen LogP contribution in [0.25, 0.3) is 6.08 Å². The molecular weight excluding hydrogens is 208 g/mol. The molecule has 0 saturated carbocycles. The third kappa shape index (κ3) is 2.23. The molecule has 0 atom stereocenters. The van der Waals surface area contributed by atoms with Gasteiger partial charge in [0.25, 0.3) is 0 Å². The summed E-state index contributed by atoms with van der Waals surface area (Å²) in [5.41, 5.74) is 2.78. The van der Waals surface area contributed by atoms with Crippen molar-refractivity contribution in [2.24, 2.45) is 0 Å². The number of rotatable bonds is 3. The van der Waals surface area contributed by atoms with Crippen molar-refractivity contribution < 1.29 is 9.53 Å². The highest BCUT2D eigenvalue weighted by atomic mass is 32.1. The van der Waals surface area contributed by atoms with Gasteiger partial charge in [-0.15, -0.1) is 0 Å². The van der Waals surface area contributed by atoms with Gasteiger partial charge in [0.15, 0.2) is 0 Å². The summed E-state index contributed by atoms with van der Waals surface area (Å²) in [6.07, 6.45) is 5.07. The van der Waals surface area contributed by atoms with E-state index in [0.29, 0.717) is 12.2 Å². The number of hydrogen-bond donors (Lipinski definition) is 1. The maximum Gasteiger partial charge on any atom is 0.338 e. The summed E-state index contributed by atoms with van der Waals surface area (Å²) in [4.78, 5) is 11.2. The topological polar surface area (TPSA) is 26.3 Å². The second kappa shape index (κ2) is 4.53. The van der Waals surface area contributed by atoms with E-state index in [0.717, 1.165) is 23.3 Å². The average molecular weight is 220 g/mol. The van der Waals surface area contributed by atoms with Crippen LogP contribution in [-0.2, 0) is 11.3 Å². The number of ether oxygens (including phenoxy) is 1. The summed E-state index contributed by atoms with van der Waals surface area (Å²) in [5, 5.41) is 0. The highest BCUT2D eigenvalue weighted by Gasteiger charge is 2.20. The first-order valence-corrected chi connectivity index (χ1v) is 5.52. The lowest BCUT2D eigenvalue weighted by Gasteiger charge is -1.96. The van der Waals surface area contributed by atoms with Crippen molar-refractivity contribution in [3.63, 3.8) is 0 Å². The van der Waals surface area contributed by atoms with E-state index in [1.165, 1.54) is 0 Å². The largest absolute Gasteiger partial charge is 0.457 e. The number of allylic oxidation sites excluding steroid dienone is 1. The number of cyclic esters (lactones) is 1. The first kappa shape index (κ1) is 10.3. The fourth-order valence-corrected chi connectivity index (χ4v) is 1.70. The highest BCUT2D eigenvalue weighted by Crippen LogP contribution is 2.21. The third-order valence-electron chi connectivity index (χ3n) is 2.31. The number of hydrogen-bond acceptors (Lipinski definition) is 3. The second-order valence-electron chi connectivity index (χ2n) is 3.41. The number of benzene rings is 1. The average Bonchev–Trinajstić information content (AvgIpc) is 2.61. The Morgan fingerprint density at radius 1 is 1.47 bits per heavy atom. The van der Waals surface area contributed by atoms with Crippen LogP contribution in [0, 0.1) is 0 Å². The molecule has 0 aromatic heterocycles. The number of fused-ring (bicyclic) bond motifs is 1. The molecule has 0 bridgehead atoms. The van der Waals surface area contributed by atoms with Crippen molar-refractivity contribution >= 4 is 24.7 Å². The van der Waals surface area contributed by atoms with Crippen molar-refractivity contribution in [2.75, 3.05) is 5.75 Å². The fourth-order valence-electron chi connectivity index (χ4n) is 1.55. The number of carbonyl (C=O) groups is 1. The summed E-state index contributed by atoms with van der Waals surface area (Å²) in [6, 6.07) is 5.75. The fraction of sp³-hybridized carbons (Fsp3) is 0.250. The first-order valence-electron chi connectivity index (χ1n) is 4.88. The maximum atomic E-state index is 11.2. The zero-order valence-electron chi connectivity index (χ0n) is 8.27. The van der Waals surface area contributed by atoms with Crippen LogP contribution in [-0.4, -0.2) is 11.7 Å². The molecule has 2 rings (SSSR count). The molecule has 0 radical (unpaired) electrons. The Balaban J connectivity index is 2.19. The maximum absolute atomic E-state index is 11.2. The SMILES string of the molecule is O=C1OCc2cc(C=CCCS)ccc21. The molecule has 1 heterocycles. The van der Waals surface area contributed by atoms with Gasteiger partial charge in [-0.05, 0) is 29.9 Å². The Bertz CT molecular complexity index is 410. The predicted molar refractivity (Wildman–Crippen MR) is 63.1 cm³/mol. The highest BCUT2D eigenvalue weighted by molar-refractivity contribution is 7.80. The normalized spacial score (nSPS) is 14.3. The minimum absolute atomic E-state index is 0.212. The standard InChI is InChI=1S/C12H12O2S/c13-12-11-5-4-9(3-1-2-6-15)7-10(11)8-14-12/h1,3-5,7,15H,2,6,8H2. The number of esters is 1. The van der Waals surface area contributed by atoms with Gasteiger partial charge in [0.2, 0.25) is 0 Å². The van der Waals surface area contributed by atoms with Gasteiger partial charge in [0, 0.05) is 5.56 Å². The van der Waals surface area contributed by atoms with E-state index in [1.54, 1.807) is 0 Å². The van der Waals surface area contributed by atoms with Crippen molar-refractivity contribution in [3.05, 3.63) is 41.0 Å². The lowest BCUT2D eigenvalue weighted by Crippen LogP contribution is -1.92.